The van der Waals surface area contributed by atoms with Crippen molar-refractivity contribution in [2.24, 2.45) is 0 Å². The zero-order valence-electron chi connectivity index (χ0n) is 12.4. The summed E-state index contributed by atoms with van der Waals surface area (Å²) in [6, 6.07) is 5.48. The molecule has 0 bridgehead atoms. The highest BCUT2D eigenvalue weighted by Gasteiger charge is 2.25. The van der Waals surface area contributed by atoms with Crippen LogP contribution in [0.5, 0.6) is 5.88 Å². The average molecular weight is 318 g/mol. The number of carbonyl (C=O) groups excluding carboxylic acids is 1. The number of carbonyl (C=O) groups is 1. The molecule has 0 radical (unpaired) electrons. The molecule has 0 unspecified atom stereocenters. The fraction of sp³-hybridized carbons (Fsp3) is 0.400. The monoisotopic (exact) mass is 318 g/mol. The van der Waals surface area contributed by atoms with Gasteiger partial charge in [0.2, 0.25) is 5.88 Å². The maximum absolute atomic E-state index is 12.3. The lowest BCUT2D eigenvalue weighted by atomic mass is 10.1. The molecule has 6 nitrogen and oxygen atoms in total. The van der Waals surface area contributed by atoms with Crippen LogP contribution in [0.15, 0.2) is 29.8 Å². The summed E-state index contributed by atoms with van der Waals surface area (Å²) < 4.78 is 5.88. The van der Waals surface area contributed by atoms with Gasteiger partial charge < -0.3 is 9.64 Å². The highest BCUT2D eigenvalue weighted by molar-refractivity contribution is 7.14. The topological polar surface area (TPSA) is 67.3 Å². The van der Waals surface area contributed by atoms with E-state index in [2.05, 4.69) is 15.3 Å². The molecule has 1 aliphatic heterocycles. The molecule has 0 aromatic carbocycles. The molecule has 1 saturated heterocycles. The molecule has 0 spiro atoms. The third-order valence-corrected chi connectivity index (χ3v) is 4.24. The van der Waals surface area contributed by atoms with Crippen LogP contribution in [0.4, 0.5) is 9.80 Å². The summed E-state index contributed by atoms with van der Waals surface area (Å²) in [6.45, 7) is 3.15. The van der Waals surface area contributed by atoms with Crippen molar-refractivity contribution in [3.63, 3.8) is 0 Å². The van der Waals surface area contributed by atoms with Crippen LogP contribution in [-0.2, 0) is 0 Å². The summed E-state index contributed by atoms with van der Waals surface area (Å²) in [5.74, 6) is 1.25. The lowest BCUT2D eigenvalue weighted by molar-refractivity contribution is 0.102. The van der Waals surface area contributed by atoms with Crippen molar-refractivity contribution in [1.82, 2.24) is 14.9 Å². The first-order valence-electron chi connectivity index (χ1n) is 7.26. The first kappa shape index (κ1) is 14.8. The Kier molecular flexibility index (Phi) is 4.53. The number of thiophene rings is 1. The highest BCUT2D eigenvalue weighted by atomic mass is 32.1. The number of hydrogen-bond acceptors (Lipinski definition) is 5. The van der Waals surface area contributed by atoms with Crippen molar-refractivity contribution < 1.29 is 9.53 Å². The van der Waals surface area contributed by atoms with Crippen molar-refractivity contribution in [3.05, 3.63) is 35.6 Å². The van der Waals surface area contributed by atoms with Gasteiger partial charge in [0.05, 0.1) is 11.5 Å². The summed E-state index contributed by atoms with van der Waals surface area (Å²) in [4.78, 5) is 22.4. The lowest BCUT2D eigenvalue weighted by Gasteiger charge is -2.32. The van der Waals surface area contributed by atoms with Gasteiger partial charge in [0.25, 0.3) is 0 Å². The second-order valence-electron chi connectivity index (χ2n) is 5.18. The molecule has 0 aliphatic carbocycles. The molecule has 1 atom stereocenters. The van der Waals surface area contributed by atoms with Gasteiger partial charge in [-0.1, -0.05) is 0 Å². The van der Waals surface area contributed by atoms with E-state index >= 15 is 0 Å². The predicted octanol–water partition coefficient (Wildman–Crippen LogP) is 2.92. The number of nitrogens with one attached hydrogen (secondary N) is 1. The number of hydrogen-bond donors (Lipinski definition) is 1. The van der Waals surface area contributed by atoms with Gasteiger partial charge in [-0.3, -0.25) is 5.32 Å². The van der Waals surface area contributed by atoms with Gasteiger partial charge in [0, 0.05) is 18.8 Å². The van der Waals surface area contributed by atoms with Gasteiger partial charge >= 0.3 is 6.03 Å². The summed E-state index contributed by atoms with van der Waals surface area (Å²) in [5.41, 5.74) is 0. The van der Waals surface area contributed by atoms with Crippen LogP contribution in [0, 0.1) is 6.92 Å². The third-order valence-electron chi connectivity index (χ3n) is 3.45. The van der Waals surface area contributed by atoms with Crippen molar-refractivity contribution >= 4 is 22.4 Å². The van der Waals surface area contributed by atoms with Crippen LogP contribution >= 0.6 is 11.3 Å². The summed E-state index contributed by atoms with van der Waals surface area (Å²) in [5, 5.41) is 5.71. The van der Waals surface area contributed by atoms with Crippen LogP contribution in [0.1, 0.15) is 18.7 Å². The molecule has 2 amide bonds. The van der Waals surface area contributed by atoms with E-state index in [9.17, 15) is 4.79 Å². The SMILES string of the molecule is Cc1nccc(O[C@@H]2CCCN(C(=O)Nc3cccs3)C2)n1. The standard InChI is InChI=1S/C15H18N4O2S/c1-11-16-7-6-13(17-11)21-12-4-2-8-19(10-12)15(20)18-14-5-3-9-22-14/h3,5-7,9,12H,2,4,8,10H2,1H3,(H,18,20)/t12-/m1/s1. The Hall–Kier alpha value is -2.15. The average Bonchev–Trinajstić information content (AvgIpc) is 3.00. The van der Waals surface area contributed by atoms with Crippen LogP contribution in [0.25, 0.3) is 0 Å². The van der Waals surface area contributed by atoms with Gasteiger partial charge in [0.15, 0.2) is 0 Å². The maximum Gasteiger partial charge on any atom is 0.322 e. The van der Waals surface area contributed by atoms with Gasteiger partial charge in [-0.05, 0) is 37.3 Å². The molecule has 3 heterocycles. The van der Waals surface area contributed by atoms with Crippen molar-refractivity contribution in [1.29, 1.82) is 0 Å². The molecule has 7 heteroatoms. The van der Waals surface area contributed by atoms with E-state index in [0.717, 1.165) is 24.4 Å². The van der Waals surface area contributed by atoms with E-state index in [-0.39, 0.29) is 12.1 Å². The first-order chi connectivity index (χ1) is 10.7. The Labute approximate surface area is 133 Å². The van der Waals surface area contributed by atoms with E-state index in [4.69, 9.17) is 4.74 Å². The minimum Gasteiger partial charge on any atom is -0.472 e. The van der Waals surface area contributed by atoms with Crippen molar-refractivity contribution in [3.8, 4) is 5.88 Å². The molecule has 0 saturated carbocycles. The van der Waals surface area contributed by atoms with Gasteiger partial charge in [-0.15, -0.1) is 11.3 Å². The van der Waals surface area contributed by atoms with Crippen LogP contribution in [0.3, 0.4) is 0 Å². The van der Waals surface area contributed by atoms with Crippen molar-refractivity contribution in [2.75, 3.05) is 18.4 Å². The largest absolute Gasteiger partial charge is 0.472 e. The normalized spacial score (nSPS) is 18.0. The lowest BCUT2D eigenvalue weighted by Crippen LogP contribution is -2.46. The Bertz CT molecular complexity index is 632. The first-order valence-corrected chi connectivity index (χ1v) is 8.14. The summed E-state index contributed by atoms with van der Waals surface area (Å²) in [6.07, 6.45) is 3.50. The smallest absolute Gasteiger partial charge is 0.322 e. The number of aryl methyl sites for hydroxylation is 1. The number of ether oxygens (including phenoxy) is 1. The van der Waals surface area contributed by atoms with Crippen LogP contribution in [0.2, 0.25) is 0 Å². The number of anilines is 1. The van der Waals surface area contributed by atoms with Crippen molar-refractivity contribution in [2.45, 2.75) is 25.9 Å². The zero-order valence-corrected chi connectivity index (χ0v) is 13.2. The molecule has 2 aromatic heterocycles. The number of amides is 2. The Balaban J connectivity index is 1.58. The molecule has 116 valence electrons. The molecule has 1 aliphatic rings. The summed E-state index contributed by atoms with van der Waals surface area (Å²) >= 11 is 1.51. The molecule has 2 aromatic rings. The second kappa shape index (κ2) is 6.74. The van der Waals surface area contributed by atoms with Gasteiger partial charge in [-0.25, -0.2) is 9.78 Å². The number of likely N-dealkylation sites (tertiary alicyclic amines) is 1. The second-order valence-corrected chi connectivity index (χ2v) is 6.13. The number of piperidine rings is 1. The molecule has 3 rings (SSSR count). The number of rotatable bonds is 3. The number of urea groups is 1. The highest BCUT2D eigenvalue weighted by Crippen LogP contribution is 2.19. The summed E-state index contributed by atoms with van der Waals surface area (Å²) in [7, 11) is 0. The van der Waals surface area contributed by atoms with E-state index in [1.54, 1.807) is 17.2 Å². The molecule has 1 fully saturated rings. The molecular formula is C15H18N4O2S. The molecule has 1 N–H and O–H groups in total. The predicted molar refractivity (Wildman–Crippen MR) is 85.3 cm³/mol. The molecule has 22 heavy (non-hydrogen) atoms. The minimum absolute atomic E-state index is 0.0304. The number of nitrogens with zero attached hydrogens (tertiary/aromatic N) is 3. The van der Waals surface area contributed by atoms with Gasteiger partial charge in [0.1, 0.15) is 11.9 Å². The molecular weight excluding hydrogens is 300 g/mol. The Morgan fingerprint density at radius 1 is 1.50 bits per heavy atom. The Morgan fingerprint density at radius 3 is 3.18 bits per heavy atom. The minimum atomic E-state index is -0.0744. The van der Waals surface area contributed by atoms with E-state index in [1.165, 1.54) is 11.3 Å². The fourth-order valence-corrected chi connectivity index (χ4v) is 3.03. The van der Waals surface area contributed by atoms with Crippen LogP contribution in [-0.4, -0.2) is 40.1 Å². The Morgan fingerprint density at radius 2 is 2.41 bits per heavy atom. The number of aromatic nitrogens is 2. The quantitative estimate of drug-likeness (QED) is 0.945. The van der Waals surface area contributed by atoms with E-state index in [0.29, 0.717) is 18.2 Å². The fourth-order valence-electron chi connectivity index (χ4n) is 2.42. The third kappa shape index (κ3) is 3.73. The zero-order chi connectivity index (χ0) is 15.4. The van der Waals surface area contributed by atoms with Crippen LogP contribution < -0.4 is 10.1 Å². The van der Waals surface area contributed by atoms with Gasteiger partial charge in [-0.2, -0.15) is 4.98 Å². The maximum atomic E-state index is 12.3. The van der Waals surface area contributed by atoms with E-state index in [1.807, 2.05) is 24.4 Å². The van der Waals surface area contributed by atoms with E-state index < -0.39 is 0 Å².